The second kappa shape index (κ2) is 7.41. The van der Waals surface area contributed by atoms with Crippen molar-refractivity contribution in [3.05, 3.63) is 0 Å². The Labute approximate surface area is 123 Å². The van der Waals surface area contributed by atoms with Crippen molar-refractivity contribution in [2.45, 2.75) is 64.5 Å². The van der Waals surface area contributed by atoms with Crippen molar-refractivity contribution in [3.8, 4) is 0 Å². The summed E-state index contributed by atoms with van der Waals surface area (Å²) in [6.07, 6.45) is 6.40. The van der Waals surface area contributed by atoms with Crippen LogP contribution in [-0.4, -0.2) is 42.5 Å². The molecule has 0 aromatic heterocycles. The second-order valence-corrected chi connectivity index (χ2v) is 7.04. The van der Waals surface area contributed by atoms with Crippen LogP contribution in [0.1, 0.15) is 52.4 Å². The highest BCUT2D eigenvalue weighted by Gasteiger charge is 2.25. The molecule has 2 rings (SSSR count). The van der Waals surface area contributed by atoms with E-state index in [0.29, 0.717) is 30.3 Å². The maximum Gasteiger partial charge on any atom is 0.220 e. The summed E-state index contributed by atoms with van der Waals surface area (Å²) in [7, 11) is 0. The van der Waals surface area contributed by atoms with E-state index in [2.05, 4.69) is 24.1 Å². The third-order valence-corrected chi connectivity index (χ3v) is 4.93. The first-order valence-electron chi connectivity index (χ1n) is 8.31. The summed E-state index contributed by atoms with van der Waals surface area (Å²) >= 11 is 0. The van der Waals surface area contributed by atoms with E-state index in [1.54, 1.807) is 0 Å². The maximum atomic E-state index is 12.0. The van der Waals surface area contributed by atoms with Gasteiger partial charge in [-0.15, -0.1) is 0 Å². The van der Waals surface area contributed by atoms with Gasteiger partial charge in [-0.3, -0.25) is 4.79 Å². The van der Waals surface area contributed by atoms with Gasteiger partial charge in [0, 0.05) is 31.6 Å². The smallest absolute Gasteiger partial charge is 0.220 e. The number of hydrogen-bond donors (Lipinski definition) is 2. The van der Waals surface area contributed by atoms with Crippen molar-refractivity contribution in [2.24, 2.45) is 17.6 Å². The van der Waals surface area contributed by atoms with E-state index in [4.69, 9.17) is 5.73 Å². The van der Waals surface area contributed by atoms with E-state index in [1.165, 1.54) is 25.8 Å². The van der Waals surface area contributed by atoms with Gasteiger partial charge in [-0.05, 0) is 57.9 Å². The minimum Gasteiger partial charge on any atom is -0.356 e. The molecule has 3 unspecified atom stereocenters. The van der Waals surface area contributed by atoms with Crippen LogP contribution in [0.25, 0.3) is 0 Å². The van der Waals surface area contributed by atoms with Gasteiger partial charge in [0.25, 0.3) is 0 Å². The number of amides is 1. The molecule has 1 amide bonds. The van der Waals surface area contributed by atoms with E-state index in [9.17, 15) is 4.79 Å². The van der Waals surface area contributed by atoms with E-state index in [-0.39, 0.29) is 5.91 Å². The monoisotopic (exact) mass is 281 g/mol. The van der Waals surface area contributed by atoms with Crippen molar-refractivity contribution in [2.75, 3.05) is 19.6 Å². The fraction of sp³-hybridized carbons (Fsp3) is 0.938. The molecule has 3 N–H and O–H groups in total. The Morgan fingerprint density at radius 3 is 2.75 bits per heavy atom. The van der Waals surface area contributed by atoms with Crippen LogP contribution in [0.4, 0.5) is 0 Å². The number of carbonyl (C=O) groups is 1. The normalized spacial score (nSPS) is 31.7. The lowest BCUT2D eigenvalue weighted by Crippen LogP contribution is -2.35. The molecule has 0 radical (unpaired) electrons. The Bertz CT molecular complexity index is 319. The summed E-state index contributed by atoms with van der Waals surface area (Å²) in [6, 6.07) is 0.940. The van der Waals surface area contributed by atoms with Crippen LogP contribution in [0.15, 0.2) is 0 Å². The molecule has 4 heteroatoms. The zero-order chi connectivity index (χ0) is 14.5. The van der Waals surface area contributed by atoms with Gasteiger partial charge in [0.15, 0.2) is 0 Å². The largest absolute Gasteiger partial charge is 0.356 e. The van der Waals surface area contributed by atoms with Crippen LogP contribution in [0, 0.1) is 11.8 Å². The highest BCUT2D eigenvalue weighted by molar-refractivity contribution is 5.76. The third-order valence-electron chi connectivity index (χ3n) is 4.93. The lowest BCUT2D eigenvalue weighted by molar-refractivity contribution is -0.122. The zero-order valence-electron chi connectivity index (χ0n) is 13.1. The number of rotatable bonds is 5. The number of nitrogens with one attached hydrogen (secondary N) is 1. The molecule has 2 fully saturated rings. The van der Waals surface area contributed by atoms with E-state index < -0.39 is 0 Å². The summed E-state index contributed by atoms with van der Waals surface area (Å²) in [5, 5.41) is 3.14. The Morgan fingerprint density at radius 2 is 2.10 bits per heavy atom. The number of hydrogen-bond acceptors (Lipinski definition) is 3. The molecule has 1 aliphatic heterocycles. The van der Waals surface area contributed by atoms with Gasteiger partial charge >= 0.3 is 0 Å². The van der Waals surface area contributed by atoms with Gasteiger partial charge < -0.3 is 16.0 Å². The molecule has 0 aromatic rings. The summed E-state index contributed by atoms with van der Waals surface area (Å²) in [5.41, 5.74) is 5.98. The average Bonchev–Trinajstić information content (AvgIpc) is 2.85. The Hall–Kier alpha value is -0.610. The average molecular weight is 281 g/mol. The molecule has 1 heterocycles. The Morgan fingerprint density at radius 1 is 1.30 bits per heavy atom. The molecule has 4 nitrogen and oxygen atoms in total. The molecule has 1 aliphatic carbocycles. The molecular weight excluding hydrogens is 250 g/mol. The molecule has 20 heavy (non-hydrogen) atoms. The van der Waals surface area contributed by atoms with Crippen LogP contribution >= 0.6 is 0 Å². The summed E-state index contributed by atoms with van der Waals surface area (Å²) < 4.78 is 0. The molecular formula is C16H31N3O. The van der Waals surface area contributed by atoms with Crippen LogP contribution in [-0.2, 0) is 4.79 Å². The summed E-state index contributed by atoms with van der Waals surface area (Å²) in [4.78, 5) is 14.5. The fourth-order valence-electron chi connectivity index (χ4n) is 3.61. The summed E-state index contributed by atoms with van der Waals surface area (Å²) in [6.45, 7) is 7.64. The first kappa shape index (κ1) is 15.8. The van der Waals surface area contributed by atoms with Crippen molar-refractivity contribution >= 4 is 5.91 Å². The lowest BCUT2D eigenvalue weighted by atomic mass is 9.84. The number of likely N-dealkylation sites (tertiary alicyclic amines) is 1. The first-order chi connectivity index (χ1) is 9.54. The minimum atomic E-state index is 0.229. The lowest BCUT2D eigenvalue weighted by Gasteiger charge is -2.26. The molecule has 116 valence electrons. The van der Waals surface area contributed by atoms with E-state index in [0.717, 1.165) is 25.9 Å². The molecule has 0 aromatic carbocycles. The second-order valence-electron chi connectivity index (χ2n) is 7.04. The molecule has 0 bridgehead atoms. The summed E-state index contributed by atoms with van der Waals surface area (Å²) in [5.74, 6) is 1.37. The standard InChI is InChI=1S/C16H31N3O/c1-12(2)19-7-6-14(11-19)10-18-16(20)9-13-4-3-5-15(17)8-13/h12-15H,3-11,17H2,1-2H3,(H,18,20). The molecule has 1 saturated carbocycles. The topological polar surface area (TPSA) is 58.4 Å². The number of carbonyl (C=O) groups excluding carboxylic acids is 1. The molecule has 0 spiro atoms. The van der Waals surface area contributed by atoms with Gasteiger partial charge in [-0.1, -0.05) is 6.42 Å². The van der Waals surface area contributed by atoms with Gasteiger partial charge in [0.1, 0.15) is 0 Å². The molecule has 2 aliphatic rings. The first-order valence-corrected chi connectivity index (χ1v) is 8.31. The highest BCUT2D eigenvalue weighted by atomic mass is 16.1. The minimum absolute atomic E-state index is 0.229. The quantitative estimate of drug-likeness (QED) is 0.807. The van der Waals surface area contributed by atoms with Gasteiger partial charge in [-0.25, -0.2) is 0 Å². The number of nitrogens with zero attached hydrogens (tertiary/aromatic N) is 1. The number of nitrogens with two attached hydrogens (primary N) is 1. The van der Waals surface area contributed by atoms with Gasteiger partial charge in [-0.2, -0.15) is 0 Å². The maximum absolute atomic E-state index is 12.0. The Balaban J connectivity index is 1.63. The van der Waals surface area contributed by atoms with Crippen molar-refractivity contribution in [1.82, 2.24) is 10.2 Å². The molecule has 3 atom stereocenters. The van der Waals surface area contributed by atoms with Crippen LogP contribution in [0.2, 0.25) is 0 Å². The van der Waals surface area contributed by atoms with E-state index in [1.807, 2.05) is 0 Å². The zero-order valence-corrected chi connectivity index (χ0v) is 13.1. The van der Waals surface area contributed by atoms with Crippen LogP contribution in [0.3, 0.4) is 0 Å². The van der Waals surface area contributed by atoms with Crippen molar-refractivity contribution in [3.63, 3.8) is 0 Å². The molecule has 1 saturated heterocycles. The fourth-order valence-corrected chi connectivity index (χ4v) is 3.61. The van der Waals surface area contributed by atoms with E-state index >= 15 is 0 Å². The van der Waals surface area contributed by atoms with Gasteiger partial charge in [0.05, 0.1) is 0 Å². The predicted molar refractivity (Wildman–Crippen MR) is 82.4 cm³/mol. The SMILES string of the molecule is CC(C)N1CCC(CNC(=O)CC2CCCC(N)C2)C1. The predicted octanol–water partition coefficient (Wildman–Crippen LogP) is 1.74. The van der Waals surface area contributed by atoms with Crippen molar-refractivity contribution in [1.29, 1.82) is 0 Å². The Kier molecular flexibility index (Phi) is 5.85. The van der Waals surface area contributed by atoms with Crippen molar-refractivity contribution < 1.29 is 4.79 Å². The van der Waals surface area contributed by atoms with Crippen LogP contribution in [0.5, 0.6) is 0 Å². The highest BCUT2D eigenvalue weighted by Crippen LogP contribution is 2.25. The third kappa shape index (κ3) is 4.74. The van der Waals surface area contributed by atoms with Gasteiger partial charge in [0.2, 0.25) is 5.91 Å². The van der Waals surface area contributed by atoms with Crippen LogP contribution < -0.4 is 11.1 Å².